The SMILES string of the molecule is O=C(CNc1[nH]c(=S)n(-c2ccc3nc[nH]c3c2)c1-c1cc(Br)cs1)N1CCc2ccccc2C1. The van der Waals surface area contributed by atoms with Crippen molar-refractivity contribution in [2.45, 2.75) is 13.0 Å². The number of carbonyl (C=O) groups excluding carboxylic acids is 1. The van der Waals surface area contributed by atoms with Gasteiger partial charge in [-0.25, -0.2) is 4.98 Å². The highest BCUT2D eigenvalue weighted by Crippen LogP contribution is 2.37. The van der Waals surface area contributed by atoms with Crippen LogP contribution in [0.5, 0.6) is 0 Å². The first kappa shape index (κ1) is 22.3. The van der Waals surface area contributed by atoms with Crippen LogP contribution in [0.1, 0.15) is 11.1 Å². The van der Waals surface area contributed by atoms with Crippen LogP contribution in [0, 0.1) is 4.77 Å². The van der Waals surface area contributed by atoms with Crippen LogP contribution in [-0.2, 0) is 17.8 Å². The van der Waals surface area contributed by atoms with Gasteiger partial charge in [0, 0.05) is 22.9 Å². The number of hydrogen-bond acceptors (Lipinski definition) is 5. The van der Waals surface area contributed by atoms with Crippen LogP contribution in [0.4, 0.5) is 5.82 Å². The number of fused-ring (bicyclic) bond motifs is 2. The number of carbonyl (C=O) groups is 1. The van der Waals surface area contributed by atoms with Gasteiger partial charge in [-0.15, -0.1) is 11.3 Å². The fraction of sp³-hybridized carbons (Fsp3) is 0.160. The zero-order chi connectivity index (χ0) is 23.9. The second kappa shape index (κ2) is 9.10. The van der Waals surface area contributed by atoms with Crippen LogP contribution in [0.2, 0.25) is 0 Å². The fourth-order valence-electron chi connectivity index (χ4n) is 4.53. The van der Waals surface area contributed by atoms with E-state index in [0.717, 1.165) is 50.5 Å². The molecule has 3 aromatic heterocycles. The Kier molecular flexibility index (Phi) is 5.79. The molecule has 6 rings (SSSR count). The molecule has 0 atom stereocenters. The van der Waals surface area contributed by atoms with E-state index in [9.17, 15) is 4.79 Å². The number of H-pyrrole nitrogens is 2. The van der Waals surface area contributed by atoms with E-state index in [1.807, 2.05) is 39.1 Å². The molecular weight excluding hydrogens is 544 g/mol. The van der Waals surface area contributed by atoms with E-state index < -0.39 is 0 Å². The number of imidazole rings is 2. The Morgan fingerprint density at radius 1 is 1.20 bits per heavy atom. The van der Waals surface area contributed by atoms with Gasteiger partial charge >= 0.3 is 0 Å². The van der Waals surface area contributed by atoms with Crippen LogP contribution in [0.25, 0.3) is 27.3 Å². The van der Waals surface area contributed by atoms with Crippen molar-refractivity contribution in [2.24, 2.45) is 0 Å². The Balaban J connectivity index is 1.32. The Hall–Kier alpha value is -3.21. The Bertz CT molecular complexity index is 1610. The van der Waals surface area contributed by atoms with E-state index in [1.54, 1.807) is 17.7 Å². The van der Waals surface area contributed by atoms with Crippen LogP contribution in [0.3, 0.4) is 0 Å². The number of rotatable bonds is 5. The lowest BCUT2D eigenvalue weighted by Crippen LogP contribution is -2.39. The Labute approximate surface area is 219 Å². The predicted molar refractivity (Wildman–Crippen MR) is 146 cm³/mol. The van der Waals surface area contributed by atoms with Gasteiger partial charge in [0.05, 0.1) is 34.5 Å². The van der Waals surface area contributed by atoms with Crippen molar-refractivity contribution in [3.8, 4) is 16.3 Å². The molecule has 1 aliphatic rings. The standard InChI is InChI=1S/C25H21BrN6OS2/c26-17-9-21(35-13-17)23-24(27-11-22(33)31-8-7-15-3-1-2-4-16(15)12-31)30-25(34)32(23)18-5-6-19-20(10-18)29-14-28-19/h1-6,9-10,13-14,27H,7-8,11-12H2,(H,28,29)(H,30,34). The molecule has 0 saturated carbocycles. The van der Waals surface area contributed by atoms with Gasteiger partial charge in [0.1, 0.15) is 11.5 Å². The van der Waals surface area contributed by atoms with Crippen LogP contribution in [0.15, 0.2) is 64.7 Å². The summed E-state index contributed by atoms with van der Waals surface area (Å²) < 4.78 is 3.54. The number of halogens is 1. The molecular formula is C25H21BrN6OS2. The number of benzene rings is 2. The second-order valence-electron chi connectivity index (χ2n) is 8.41. The molecule has 0 bridgehead atoms. The molecule has 0 unspecified atom stereocenters. The minimum Gasteiger partial charge on any atom is -0.361 e. The number of nitrogens with one attached hydrogen (secondary N) is 3. The molecule has 3 N–H and O–H groups in total. The zero-order valence-electron chi connectivity index (χ0n) is 18.5. The van der Waals surface area contributed by atoms with Crippen molar-refractivity contribution in [1.82, 2.24) is 24.4 Å². The zero-order valence-corrected chi connectivity index (χ0v) is 21.8. The van der Waals surface area contributed by atoms with Crippen molar-refractivity contribution >= 4 is 62.2 Å². The lowest BCUT2D eigenvalue weighted by Gasteiger charge is -2.29. The normalized spacial score (nSPS) is 13.2. The predicted octanol–water partition coefficient (Wildman–Crippen LogP) is 5.90. The number of aromatic amines is 2. The maximum Gasteiger partial charge on any atom is 0.242 e. The minimum absolute atomic E-state index is 0.0590. The molecule has 0 saturated heterocycles. The quantitative estimate of drug-likeness (QED) is 0.232. The summed E-state index contributed by atoms with van der Waals surface area (Å²) in [6.07, 6.45) is 2.56. The number of anilines is 1. The van der Waals surface area contributed by atoms with Gasteiger partial charge in [-0.3, -0.25) is 9.36 Å². The molecule has 0 aliphatic carbocycles. The molecule has 35 heavy (non-hydrogen) atoms. The molecule has 1 aliphatic heterocycles. The highest BCUT2D eigenvalue weighted by molar-refractivity contribution is 9.10. The molecule has 7 nitrogen and oxygen atoms in total. The summed E-state index contributed by atoms with van der Waals surface area (Å²) in [6.45, 7) is 1.54. The second-order valence-corrected chi connectivity index (χ2v) is 10.6. The third kappa shape index (κ3) is 4.22. The van der Waals surface area contributed by atoms with Gasteiger partial charge in [-0.05, 0) is 70.0 Å². The van der Waals surface area contributed by atoms with Gasteiger partial charge in [0.25, 0.3) is 0 Å². The first-order chi connectivity index (χ1) is 17.1. The highest BCUT2D eigenvalue weighted by Gasteiger charge is 2.22. The first-order valence-corrected chi connectivity index (χ1v) is 13.3. The molecule has 2 aromatic carbocycles. The summed E-state index contributed by atoms with van der Waals surface area (Å²) in [5.41, 5.74) is 6.17. The lowest BCUT2D eigenvalue weighted by molar-refractivity contribution is -0.130. The third-order valence-corrected chi connectivity index (χ3v) is 8.24. The summed E-state index contributed by atoms with van der Waals surface area (Å²) in [5, 5.41) is 5.38. The average Bonchev–Trinajstić information content (AvgIpc) is 3.59. The van der Waals surface area contributed by atoms with E-state index in [2.05, 4.69) is 60.5 Å². The number of thiophene rings is 1. The van der Waals surface area contributed by atoms with Gasteiger partial charge in [0.15, 0.2) is 4.77 Å². The van der Waals surface area contributed by atoms with Crippen molar-refractivity contribution < 1.29 is 4.79 Å². The maximum absolute atomic E-state index is 13.1. The smallest absolute Gasteiger partial charge is 0.242 e. The van der Waals surface area contributed by atoms with E-state index in [-0.39, 0.29) is 12.5 Å². The molecule has 176 valence electrons. The fourth-order valence-corrected chi connectivity index (χ4v) is 6.29. The molecule has 0 radical (unpaired) electrons. The van der Waals surface area contributed by atoms with Crippen molar-refractivity contribution in [3.63, 3.8) is 0 Å². The summed E-state index contributed by atoms with van der Waals surface area (Å²) in [4.78, 5) is 26.8. The Morgan fingerprint density at radius 3 is 2.89 bits per heavy atom. The lowest BCUT2D eigenvalue weighted by atomic mass is 10.00. The Morgan fingerprint density at radius 2 is 2.06 bits per heavy atom. The third-order valence-electron chi connectivity index (χ3n) is 6.26. The summed E-state index contributed by atoms with van der Waals surface area (Å²) >= 11 is 10.9. The molecule has 10 heteroatoms. The molecule has 4 heterocycles. The minimum atomic E-state index is 0.0590. The summed E-state index contributed by atoms with van der Waals surface area (Å²) in [6, 6.07) is 16.4. The van der Waals surface area contributed by atoms with E-state index in [0.29, 0.717) is 11.3 Å². The number of hydrogen-bond donors (Lipinski definition) is 3. The first-order valence-electron chi connectivity index (χ1n) is 11.2. The maximum atomic E-state index is 13.1. The largest absolute Gasteiger partial charge is 0.361 e. The van der Waals surface area contributed by atoms with Crippen LogP contribution in [-0.4, -0.2) is 43.4 Å². The van der Waals surface area contributed by atoms with E-state index in [1.165, 1.54) is 11.1 Å². The van der Waals surface area contributed by atoms with Crippen molar-refractivity contribution in [3.05, 3.63) is 80.6 Å². The number of amides is 1. The molecule has 5 aromatic rings. The van der Waals surface area contributed by atoms with Crippen LogP contribution < -0.4 is 5.32 Å². The summed E-state index contributed by atoms with van der Waals surface area (Å²) in [7, 11) is 0. The van der Waals surface area contributed by atoms with Crippen molar-refractivity contribution in [1.29, 1.82) is 0 Å². The number of nitrogens with zero attached hydrogens (tertiary/aromatic N) is 3. The molecule has 0 spiro atoms. The van der Waals surface area contributed by atoms with Gasteiger partial charge in [-0.1, -0.05) is 24.3 Å². The van der Waals surface area contributed by atoms with E-state index >= 15 is 0 Å². The van der Waals surface area contributed by atoms with Crippen molar-refractivity contribution in [2.75, 3.05) is 18.4 Å². The van der Waals surface area contributed by atoms with Gasteiger partial charge in [-0.2, -0.15) is 0 Å². The summed E-state index contributed by atoms with van der Waals surface area (Å²) in [5.74, 6) is 0.781. The number of aromatic nitrogens is 4. The molecule has 0 fully saturated rings. The van der Waals surface area contributed by atoms with Crippen LogP contribution >= 0.6 is 39.5 Å². The van der Waals surface area contributed by atoms with E-state index in [4.69, 9.17) is 12.2 Å². The van der Waals surface area contributed by atoms with Gasteiger partial charge < -0.3 is 20.2 Å². The molecule has 1 amide bonds. The topological polar surface area (TPSA) is 81.7 Å². The van der Waals surface area contributed by atoms with Gasteiger partial charge in [0.2, 0.25) is 5.91 Å². The monoisotopic (exact) mass is 564 g/mol. The highest BCUT2D eigenvalue weighted by atomic mass is 79.9. The average molecular weight is 566 g/mol.